The van der Waals surface area contributed by atoms with Crippen LogP contribution in [0.5, 0.6) is 0 Å². The highest BCUT2D eigenvalue weighted by Crippen LogP contribution is 2.18. The predicted octanol–water partition coefficient (Wildman–Crippen LogP) is 1.93. The topological polar surface area (TPSA) is 59.6 Å². The van der Waals surface area contributed by atoms with Crippen molar-refractivity contribution in [2.75, 3.05) is 32.2 Å². The zero-order valence-electron chi connectivity index (χ0n) is 12.6. The fourth-order valence-corrected chi connectivity index (χ4v) is 1.97. The standard InChI is InChI=1S/C16H24N2O3/c1-20-9-10-21-12-13-3-2-4-15(11-13)18-16(19)7-8-17-14-5-6-14/h2-4,11,14,17H,5-10,12H2,1H3,(H,18,19). The van der Waals surface area contributed by atoms with E-state index in [9.17, 15) is 4.79 Å². The number of ether oxygens (including phenoxy) is 2. The third-order valence-electron chi connectivity index (χ3n) is 3.27. The normalized spacial score (nSPS) is 14.1. The van der Waals surface area contributed by atoms with E-state index in [0.717, 1.165) is 17.8 Å². The lowest BCUT2D eigenvalue weighted by Gasteiger charge is -2.08. The van der Waals surface area contributed by atoms with Crippen molar-refractivity contribution < 1.29 is 14.3 Å². The van der Waals surface area contributed by atoms with Crippen LogP contribution in [0.4, 0.5) is 5.69 Å². The Morgan fingerprint density at radius 3 is 2.95 bits per heavy atom. The molecule has 0 atom stereocenters. The first-order chi connectivity index (χ1) is 10.3. The van der Waals surface area contributed by atoms with E-state index < -0.39 is 0 Å². The Labute approximate surface area is 126 Å². The maximum absolute atomic E-state index is 11.8. The Bertz CT molecular complexity index is 447. The monoisotopic (exact) mass is 292 g/mol. The number of methoxy groups -OCH3 is 1. The smallest absolute Gasteiger partial charge is 0.225 e. The summed E-state index contributed by atoms with van der Waals surface area (Å²) in [4.78, 5) is 11.8. The summed E-state index contributed by atoms with van der Waals surface area (Å²) in [5.41, 5.74) is 1.86. The summed E-state index contributed by atoms with van der Waals surface area (Å²) in [6.45, 7) is 2.43. The highest BCUT2D eigenvalue weighted by Gasteiger charge is 2.20. The van der Waals surface area contributed by atoms with Crippen molar-refractivity contribution in [2.45, 2.75) is 31.9 Å². The minimum atomic E-state index is 0.0422. The van der Waals surface area contributed by atoms with Gasteiger partial charge in [-0.3, -0.25) is 4.79 Å². The van der Waals surface area contributed by atoms with Crippen molar-refractivity contribution in [3.63, 3.8) is 0 Å². The van der Waals surface area contributed by atoms with Crippen LogP contribution in [-0.4, -0.2) is 38.8 Å². The number of hydrogen-bond donors (Lipinski definition) is 2. The van der Waals surface area contributed by atoms with Gasteiger partial charge in [-0.1, -0.05) is 12.1 Å². The molecule has 1 aromatic rings. The van der Waals surface area contributed by atoms with Crippen LogP contribution in [0, 0.1) is 0 Å². The first-order valence-electron chi connectivity index (χ1n) is 7.47. The van der Waals surface area contributed by atoms with Gasteiger partial charge in [-0.15, -0.1) is 0 Å². The van der Waals surface area contributed by atoms with Gasteiger partial charge in [-0.05, 0) is 30.5 Å². The summed E-state index contributed by atoms with van der Waals surface area (Å²) in [6.07, 6.45) is 2.99. The number of carbonyl (C=O) groups excluding carboxylic acids is 1. The van der Waals surface area contributed by atoms with Gasteiger partial charge in [-0.2, -0.15) is 0 Å². The molecule has 0 radical (unpaired) electrons. The molecule has 1 fully saturated rings. The van der Waals surface area contributed by atoms with Gasteiger partial charge in [0.15, 0.2) is 0 Å². The molecule has 5 heteroatoms. The molecule has 1 aromatic carbocycles. The lowest BCUT2D eigenvalue weighted by atomic mass is 10.2. The molecule has 1 aliphatic rings. The number of nitrogens with one attached hydrogen (secondary N) is 2. The summed E-state index contributed by atoms with van der Waals surface area (Å²) in [7, 11) is 1.65. The fraction of sp³-hybridized carbons (Fsp3) is 0.562. The second-order valence-corrected chi connectivity index (χ2v) is 5.27. The molecule has 0 saturated heterocycles. The number of amides is 1. The Hall–Kier alpha value is -1.43. The van der Waals surface area contributed by atoms with E-state index in [2.05, 4.69) is 10.6 Å². The Morgan fingerprint density at radius 1 is 1.33 bits per heavy atom. The molecule has 0 heterocycles. The van der Waals surface area contributed by atoms with Gasteiger partial charge in [0.25, 0.3) is 0 Å². The summed E-state index contributed by atoms with van der Waals surface area (Å²) >= 11 is 0. The van der Waals surface area contributed by atoms with Crippen LogP contribution in [0.25, 0.3) is 0 Å². The molecule has 116 valence electrons. The SMILES string of the molecule is COCCOCc1cccc(NC(=O)CCNC2CC2)c1. The van der Waals surface area contributed by atoms with Crippen LogP contribution in [0.3, 0.4) is 0 Å². The number of benzene rings is 1. The van der Waals surface area contributed by atoms with Gasteiger partial charge >= 0.3 is 0 Å². The van der Waals surface area contributed by atoms with E-state index in [1.807, 2.05) is 24.3 Å². The summed E-state index contributed by atoms with van der Waals surface area (Å²) in [5.74, 6) is 0.0422. The largest absolute Gasteiger partial charge is 0.382 e. The van der Waals surface area contributed by atoms with Crippen molar-refractivity contribution in [1.29, 1.82) is 0 Å². The number of carbonyl (C=O) groups is 1. The van der Waals surface area contributed by atoms with E-state index in [1.165, 1.54) is 12.8 Å². The molecule has 2 N–H and O–H groups in total. The van der Waals surface area contributed by atoms with Gasteiger partial charge in [0.2, 0.25) is 5.91 Å². The Morgan fingerprint density at radius 2 is 2.19 bits per heavy atom. The number of rotatable bonds is 10. The molecule has 0 bridgehead atoms. The molecule has 0 spiro atoms. The first kappa shape index (κ1) is 15.9. The van der Waals surface area contributed by atoms with Crippen LogP contribution in [0.1, 0.15) is 24.8 Å². The van der Waals surface area contributed by atoms with E-state index in [4.69, 9.17) is 9.47 Å². The van der Waals surface area contributed by atoms with Crippen molar-refractivity contribution in [3.05, 3.63) is 29.8 Å². The van der Waals surface area contributed by atoms with Crippen LogP contribution < -0.4 is 10.6 Å². The van der Waals surface area contributed by atoms with Gasteiger partial charge in [0.05, 0.1) is 19.8 Å². The second kappa shape index (κ2) is 8.77. The van der Waals surface area contributed by atoms with Gasteiger partial charge < -0.3 is 20.1 Å². The minimum Gasteiger partial charge on any atom is -0.382 e. The third kappa shape index (κ3) is 6.71. The molecular formula is C16H24N2O3. The lowest BCUT2D eigenvalue weighted by Crippen LogP contribution is -2.23. The maximum atomic E-state index is 11.8. The van der Waals surface area contributed by atoms with Gasteiger partial charge in [0.1, 0.15) is 0 Å². The Kier molecular flexibility index (Phi) is 6.66. The summed E-state index contributed by atoms with van der Waals surface area (Å²) < 4.78 is 10.4. The van der Waals surface area contributed by atoms with E-state index >= 15 is 0 Å². The molecule has 21 heavy (non-hydrogen) atoms. The molecule has 2 rings (SSSR count). The van der Waals surface area contributed by atoms with Gasteiger partial charge in [-0.25, -0.2) is 0 Å². The highest BCUT2D eigenvalue weighted by molar-refractivity contribution is 5.90. The second-order valence-electron chi connectivity index (χ2n) is 5.27. The molecule has 5 nitrogen and oxygen atoms in total. The molecule has 1 saturated carbocycles. The average Bonchev–Trinajstić information content (AvgIpc) is 3.28. The van der Waals surface area contributed by atoms with E-state index in [1.54, 1.807) is 7.11 Å². The number of hydrogen-bond acceptors (Lipinski definition) is 4. The number of anilines is 1. The van der Waals surface area contributed by atoms with Gasteiger partial charge in [0, 0.05) is 31.8 Å². The molecule has 0 aliphatic heterocycles. The van der Waals surface area contributed by atoms with E-state index in [-0.39, 0.29) is 5.91 Å². The van der Waals surface area contributed by atoms with Crippen LogP contribution in [0.2, 0.25) is 0 Å². The molecule has 1 aliphatic carbocycles. The van der Waals surface area contributed by atoms with E-state index in [0.29, 0.717) is 32.3 Å². The average molecular weight is 292 g/mol. The molecule has 0 aromatic heterocycles. The molecule has 0 unspecified atom stereocenters. The minimum absolute atomic E-state index is 0.0422. The van der Waals surface area contributed by atoms with Crippen molar-refractivity contribution in [3.8, 4) is 0 Å². The lowest BCUT2D eigenvalue weighted by molar-refractivity contribution is -0.116. The van der Waals surface area contributed by atoms with Crippen molar-refractivity contribution in [2.24, 2.45) is 0 Å². The predicted molar refractivity (Wildman–Crippen MR) is 82.2 cm³/mol. The van der Waals surface area contributed by atoms with Crippen LogP contribution in [0.15, 0.2) is 24.3 Å². The maximum Gasteiger partial charge on any atom is 0.225 e. The molecule has 1 amide bonds. The van der Waals surface area contributed by atoms with Crippen LogP contribution >= 0.6 is 0 Å². The quantitative estimate of drug-likeness (QED) is 0.647. The molecular weight excluding hydrogens is 268 g/mol. The zero-order valence-corrected chi connectivity index (χ0v) is 12.6. The Balaban J connectivity index is 1.69. The highest BCUT2D eigenvalue weighted by atomic mass is 16.5. The summed E-state index contributed by atoms with van der Waals surface area (Å²) in [6, 6.07) is 8.39. The third-order valence-corrected chi connectivity index (χ3v) is 3.27. The zero-order chi connectivity index (χ0) is 14.9. The first-order valence-corrected chi connectivity index (χ1v) is 7.47. The van der Waals surface area contributed by atoms with Crippen LogP contribution in [-0.2, 0) is 20.9 Å². The summed E-state index contributed by atoms with van der Waals surface area (Å²) in [5, 5.41) is 6.25. The fourth-order valence-electron chi connectivity index (χ4n) is 1.97. The van der Waals surface area contributed by atoms with Crippen molar-refractivity contribution in [1.82, 2.24) is 5.32 Å². The van der Waals surface area contributed by atoms with Crippen molar-refractivity contribution >= 4 is 11.6 Å².